The average molecular weight is 548 g/mol. The van der Waals surface area contributed by atoms with E-state index in [4.69, 9.17) is 24.5 Å². The first-order valence-electron chi connectivity index (χ1n) is 12.8. The fraction of sp³-hybridized carbons (Fsp3) is 0.300. The van der Waals surface area contributed by atoms with Crippen molar-refractivity contribution in [1.82, 2.24) is 5.32 Å². The third kappa shape index (κ3) is 9.32. The lowest BCUT2D eigenvalue weighted by molar-refractivity contribution is -0.145. The summed E-state index contributed by atoms with van der Waals surface area (Å²) >= 11 is 0. The summed E-state index contributed by atoms with van der Waals surface area (Å²) in [5, 5.41) is 6.22. The summed E-state index contributed by atoms with van der Waals surface area (Å²) in [4.78, 5) is 38.2. The second-order valence-electron chi connectivity index (χ2n) is 8.71. The molecule has 0 unspecified atom stereocenters. The molecular formula is C30H33N3O7. The highest BCUT2D eigenvalue weighted by Crippen LogP contribution is 2.18. The zero-order valence-electron chi connectivity index (χ0n) is 22.6. The second kappa shape index (κ2) is 15.7. The molecule has 210 valence electrons. The fourth-order valence-corrected chi connectivity index (χ4v) is 3.77. The molecule has 3 aromatic carbocycles. The molecular weight excluding hydrogens is 514 g/mol. The molecule has 0 aliphatic heterocycles. The number of hydrogen-bond acceptors (Lipinski definition) is 9. The number of amides is 1. The van der Waals surface area contributed by atoms with Crippen molar-refractivity contribution >= 4 is 17.7 Å². The zero-order valence-corrected chi connectivity index (χ0v) is 22.6. The van der Waals surface area contributed by atoms with Crippen molar-refractivity contribution in [3.63, 3.8) is 0 Å². The first-order chi connectivity index (χ1) is 19.4. The van der Waals surface area contributed by atoms with Crippen LogP contribution in [0.3, 0.4) is 0 Å². The number of nitrogens with zero attached hydrogens (tertiary/aromatic N) is 1. The Morgan fingerprint density at radius 3 is 2.05 bits per heavy atom. The largest absolute Gasteiger partial charge is 0.491 e. The van der Waals surface area contributed by atoms with Gasteiger partial charge in [-0.15, -0.1) is 0 Å². The number of nitrogens with one attached hydrogen (secondary N) is 2. The van der Waals surface area contributed by atoms with Crippen LogP contribution in [-0.2, 0) is 27.2 Å². The summed E-state index contributed by atoms with van der Waals surface area (Å²) in [7, 11) is 1.60. The molecule has 3 aromatic rings. The van der Waals surface area contributed by atoms with E-state index in [1.54, 1.807) is 74.7 Å². The van der Waals surface area contributed by atoms with Gasteiger partial charge in [-0.3, -0.25) is 9.59 Å². The van der Waals surface area contributed by atoms with Gasteiger partial charge in [-0.05, 0) is 66.6 Å². The summed E-state index contributed by atoms with van der Waals surface area (Å²) in [6, 6.07) is 19.5. The Hall–Kier alpha value is -4.57. The second-order valence-corrected chi connectivity index (χ2v) is 8.71. The Balaban J connectivity index is 1.76. The van der Waals surface area contributed by atoms with Gasteiger partial charge in [-0.25, -0.2) is 10.3 Å². The van der Waals surface area contributed by atoms with Gasteiger partial charge in [-0.1, -0.05) is 24.3 Å². The van der Waals surface area contributed by atoms with E-state index in [1.165, 1.54) is 0 Å². The van der Waals surface area contributed by atoms with E-state index >= 15 is 0 Å². The van der Waals surface area contributed by atoms with Crippen LogP contribution in [0.5, 0.6) is 11.5 Å². The molecule has 2 N–H and O–H groups in total. The number of ether oxygens (including phenoxy) is 4. The van der Waals surface area contributed by atoms with Crippen LogP contribution in [0, 0.1) is 5.53 Å². The Bertz CT molecular complexity index is 1260. The Morgan fingerprint density at radius 2 is 1.43 bits per heavy atom. The minimum Gasteiger partial charge on any atom is -0.491 e. The maximum absolute atomic E-state index is 13.6. The van der Waals surface area contributed by atoms with Crippen molar-refractivity contribution in [3.8, 4) is 11.5 Å². The van der Waals surface area contributed by atoms with E-state index in [9.17, 15) is 14.4 Å². The van der Waals surface area contributed by atoms with Crippen LogP contribution in [0.1, 0.15) is 38.8 Å². The third-order valence-corrected chi connectivity index (χ3v) is 5.82. The molecule has 0 heterocycles. The molecule has 0 fully saturated rings. The molecule has 0 bridgehead atoms. The van der Waals surface area contributed by atoms with Crippen LogP contribution in [-0.4, -0.2) is 57.2 Å². The minimum absolute atomic E-state index is 0.230. The number of hydrogen-bond donors (Lipinski definition) is 2. The number of ketones is 1. The van der Waals surface area contributed by atoms with Crippen molar-refractivity contribution in [1.29, 1.82) is 5.53 Å². The molecule has 0 aromatic heterocycles. The number of rotatable bonds is 16. The van der Waals surface area contributed by atoms with Gasteiger partial charge in [0.1, 0.15) is 18.1 Å². The van der Waals surface area contributed by atoms with Crippen molar-refractivity contribution in [2.24, 2.45) is 5.11 Å². The smallest absolute Gasteiger partial charge is 0.344 e. The normalized spacial score (nSPS) is 11.2. The number of methoxy groups -OCH3 is 1. The summed E-state index contributed by atoms with van der Waals surface area (Å²) in [5.74, 6) is -0.0843. The van der Waals surface area contributed by atoms with Crippen LogP contribution in [0.15, 0.2) is 77.9 Å². The van der Waals surface area contributed by atoms with Gasteiger partial charge >= 0.3 is 5.97 Å². The molecule has 10 heteroatoms. The molecule has 40 heavy (non-hydrogen) atoms. The number of benzene rings is 3. The summed E-state index contributed by atoms with van der Waals surface area (Å²) in [5.41, 5.74) is 9.40. The highest BCUT2D eigenvalue weighted by atomic mass is 16.6. The summed E-state index contributed by atoms with van der Waals surface area (Å²) in [6.07, 6.45) is 0.250. The summed E-state index contributed by atoms with van der Waals surface area (Å²) < 4.78 is 20.9. The van der Waals surface area contributed by atoms with Gasteiger partial charge in [0.15, 0.2) is 12.4 Å². The Kier molecular flexibility index (Phi) is 11.8. The van der Waals surface area contributed by atoms with Crippen LogP contribution in [0.25, 0.3) is 0 Å². The predicted molar refractivity (Wildman–Crippen MR) is 147 cm³/mol. The first-order valence-corrected chi connectivity index (χ1v) is 12.8. The highest BCUT2D eigenvalue weighted by Gasteiger charge is 2.23. The van der Waals surface area contributed by atoms with Gasteiger partial charge in [0.25, 0.3) is 5.91 Å². The number of Topliss-reactive ketones (excluding diaryl/α,β-unsaturated/α-hetero) is 1. The average Bonchev–Trinajstić information content (AvgIpc) is 2.97. The standard InChI is InChI=1S/C30H33N3O7/c1-3-38-28(34)20-40-26-14-10-23(11-15-26)29(35)27(18-21-6-12-25(13-7-21)39-17-16-37-2)33-30(36)24-8-4-22(5-9-24)19-32-31/h4-15,27,31H,3,16-20H2,1-2H3,(H,33,36)/t27-/m0/s1. The fourth-order valence-electron chi connectivity index (χ4n) is 3.77. The Morgan fingerprint density at radius 1 is 0.825 bits per heavy atom. The van der Waals surface area contributed by atoms with Crippen LogP contribution in [0.2, 0.25) is 0 Å². The molecule has 10 nitrogen and oxygen atoms in total. The van der Waals surface area contributed by atoms with Crippen LogP contribution < -0.4 is 14.8 Å². The van der Waals surface area contributed by atoms with Gasteiger partial charge in [0.2, 0.25) is 0 Å². The minimum atomic E-state index is -0.859. The van der Waals surface area contributed by atoms with Gasteiger partial charge in [0.05, 0.1) is 25.8 Å². The molecule has 0 saturated heterocycles. The molecule has 0 aliphatic carbocycles. The van der Waals surface area contributed by atoms with Crippen molar-refractivity contribution < 1.29 is 33.3 Å². The molecule has 0 spiro atoms. The highest BCUT2D eigenvalue weighted by molar-refractivity contribution is 6.04. The van der Waals surface area contributed by atoms with Crippen LogP contribution in [0.4, 0.5) is 0 Å². The lowest BCUT2D eigenvalue weighted by atomic mass is 9.97. The van der Waals surface area contributed by atoms with E-state index in [0.29, 0.717) is 35.8 Å². The topological polar surface area (TPSA) is 136 Å². The van der Waals surface area contributed by atoms with Gasteiger partial charge in [-0.2, -0.15) is 5.11 Å². The number of carbonyl (C=O) groups excluding carboxylic acids is 3. The van der Waals surface area contributed by atoms with Crippen molar-refractivity contribution in [2.45, 2.75) is 25.9 Å². The van der Waals surface area contributed by atoms with E-state index < -0.39 is 17.9 Å². The first kappa shape index (κ1) is 30.0. The maximum atomic E-state index is 13.6. The zero-order chi connectivity index (χ0) is 28.7. The lowest BCUT2D eigenvalue weighted by Crippen LogP contribution is -2.42. The Labute approximate surface area is 233 Å². The molecule has 1 atom stereocenters. The quantitative estimate of drug-likeness (QED) is 0.117. The predicted octanol–water partition coefficient (Wildman–Crippen LogP) is 4.41. The molecule has 0 radical (unpaired) electrons. The van der Waals surface area contributed by atoms with Gasteiger partial charge in [0, 0.05) is 24.7 Å². The monoisotopic (exact) mass is 547 g/mol. The van der Waals surface area contributed by atoms with Crippen molar-refractivity contribution in [2.75, 3.05) is 33.5 Å². The molecule has 0 saturated carbocycles. The van der Waals surface area contributed by atoms with Gasteiger partial charge < -0.3 is 24.3 Å². The van der Waals surface area contributed by atoms with E-state index in [0.717, 1.165) is 11.1 Å². The lowest BCUT2D eigenvalue weighted by Gasteiger charge is -2.19. The third-order valence-electron chi connectivity index (χ3n) is 5.82. The maximum Gasteiger partial charge on any atom is 0.344 e. The number of carbonyl (C=O) groups is 3. The van der Waals surface area contributed by atoms with E-state index in [1.807, 2.05) is 12.1 Å². The SMILES string of the molecule is CCOC(=O)COc1ccc(C(=O)[C@H](Cc2ccc(OCCOC)cc2)NC(=O)c2ccc(CN=N)cc2)cc1. The van der Waals surface area contributed by atoms with Crippen LogP contribution >= 0.6 is 0 Å². The molecule has 0 aliphatic rings. The molecule has 1 amide bonds. The van der Waals surface area contributed by atoms with E-state index in [2.05, 4.69) is 10.4 Å². The summed E-state index contributed by atoms with van der Waals surface area (Å²) in [6.45, 7) is 2.85. The van der Waals surface area contributed by atoms with Crippen molar-refractivity contribution in [3.05, 3.63) is 95.1 Å². The number of esters is 1. The van der Waals surface area contributed by atoms with E-state index in [-0.39, 0.29) is 32.0 Å². The molecule has 3 rings (SSSR count).